The second-order valence-electron chi connectivity index (χ2n) is 9.94. The zero-order valence-electron chi connectivity index (χ0n) is 20.8. The highest BCUT2D eigenvalue weighted by molar-refractivity contribution is 5.92. The van der Waals surface area contributed by atoms with Gasteiger partial charge in [-0.3, -0.25) is 4.79 Å². The highest BCUT2D eigenvalue weighted by Crippen LogP contribution is 2.51. The van der Waals surface area contributed by atoms with Crippen molar-refractivity contribution in [3.63, 3.8) is 0 Å². The average molecular weight is 464 g/mol. The molecular formula is C29H37NO4. The standard InChI is InChI=1S/C29H37NO4/c1-20(2)22-11-8-21(9-12-22)10-15-27(31)30-18-17-29(32)16-6-5-7-25(29)28(30)24-19-23(33-3)13-14-26(24)34-4/h8-15,19-20,25,28,32H,5-7,16-18H2,1-4H3/b15-10+/t25-,28+,29-/m1/s1. The summed E-state index contributed by atoms with van der Waals surface area (Å²) in [5, 5.41) is 11.6. The number of methoxy groups -OCH3 is 2. The van der Waals surface area contributed by atoms with Crippen molar-refractivity contribution in [2.24, 2.45) is 5.92 Å². The minimum absolute atomic E-state index is 0.0429. The molecular weight excluding hydrogens is 426 g/mol. The average Bonchev–Trinajstić information content (AvgIpc) is 2.86. The molecule has 0 spiro atoms. The summed E-state index contributed by atoms with van der Waals surface area (Å²) < 4.78 is 11.2. The Bertz CT molecular complexity index is 1030. The summed E-state index contributed by atoms with van der Waals surface area (Å²) in [5.41, 5.74) is 2.42. The van der Waals surface area contributed by atoms with E-state index in [1.54, 1.807) is 20.3 Å². The van der Waals surface area contributed by atoms with Gasteiger partial charge in [0, 0.05) is 24.1 Å². The van der Waals surface area contributed by atoms with E-state index >= 15 is 0 Å². The molecule has 0 bridgehead atoms. The van der Waals surface area contributed by atoms with E-state index in [4.69, 9.17) is 9.47 Å². The van der Waals surface area contributed by atoms with E-state index < -0.39 is 5.60 Å². The number of ether oxygens (including phenoxy) is 2. The highest BCUT2D eigenvalue weighted by Gasteiger charge is 2.50. The molecule has 1 aliphatic carbocycles. The first-order valence-electron chi connectivity index (χ1n) is 12.4. The molecule has 2 aromatic rings. The molecule has 2 aliphatic rings. The molecule has 4 rings (SSSR count). The summed E-state index contributed by atoms with van der Waals surface area (Å²) in [6, 6.07) is 13.8. The third-order valence-corrected chi connectivity index (χ3v) is 7.63. The van der Waals surface area contributed by atoms with Gasteiger partial charge in [0.1, 0.15) is 11.5 Å². The van der Waals surface area contributed by atoms with Crippen LogP contribution in [-0.4, -0.2) is 42.3 Å². The topological polar surface area (TPSA) is 59.0 Å². The Morgan fingerprint density at radius 1 is 1.09 bits per heavy atom. The number of fused-ring (bicyclic) bond motifs is 1. The largest absolute Gasteiger partial charge is 0.497 e. The number of carbonyl (C=O) groups is 1. The Morgan fingerprint density at radius 3 is 2.53 bits per heavy atom. The molecule has 5 heteroatoms. The second-order valence-corrected chi connectivity index (χ2v) is 9.94. The fourth-order valence-corrected chi connectivity index (χ4v) is 5.64. The van der Waals surface area contributed by atoms with Crippen LogP contribution < -0.4 is 9.47 Å². The van der Waals surface area contributed by atoms with Crippen LogP contribution in [0.15, 0.2) is 48.5 Å². The van der Waals surface area contributed by atoms with Crippen LogP contribution in [0.4, 0.5) is 0 Å². The number of carbonyl (C=O) groups excluding carboxylic acids is 1. The van der Waals surface area contributed by atoms with Gasteiger partial charge in [0.15, 0.2) is 0 Å². The van der Waals surface area contributed by atoms with Gasteiger partial charge in [0.2, 0.25) is 5.91 Å². The third kappa shape index (κ3) is 4.85. The molecule has 1 heterocycles. The molecule has 1 saturated carbocycles. The van der Waals surface area contributed by atoms with Gasteiger partial charge >= 0.3 is 0 Å². The van der Waals surface area contributed by atoms with E-state index in [0.29, 0.717) is 30.4 Å². The molecule has 0 radical (unpaired) electrons. The van der Waals surface area contributed by atoms with Crippen molar-refractivity contribution in [3.8, 4) is 11.5 Å². The van der Waals surface area contributed by atoms with E-state index in [-0.39, 0.29) is 17.9 Å². The molecule has 0 aromatic heterocycles. The minimum atomic E-state index is -0.760. The molecule has 2 fully saturated rings. The van der Waals surface area contributed by atoms with E-state index in [9.17, 15) is 9.90 Å². The number of aliphatic hydroxyl groups is 1. The lowest BCUT2D eigenvalue weighted by Crippen LogP contribution is -2.56. The van der Waals surface area contributed by atoms with Crippen LogP contribution >= 0.6 is 0 Å². The van der Waals surface area contributed by atoms with Crippen LogP contribution in [0, 0.1) is 5.92 Å². The van der Waals surface area contributed by atoms with Gasteiger partial charge in [-0.2, -0.15) is 0 Å². The maximum absolute atomic E-state index is 13.5. The van der Waals surface area contributed by atoms with Crippen molar-refractivity contribution in [3.05, 3.63) is 65.2 Å². The van der Waals surface area contributed by atoms with Crippen molar-refractivity contribution in [1.29, 1.82) is 0 Å². The number of rotatable bonds is 6. The van der Waals surface area contributed by atoms with Crippen molar-refractivity contribution < 1.29 is 19.4 Å². The first-order valence-corrected chi connectivity index (χ1v) is 12.4. The van der Waals surface area contributed by atoms with Crippen LogP contribution in [0.5, 0.6) is 11.5 Å². The summed E-state index contributed by atoms with van der Waals surface area (Å²) in [5.74, 6) is 1.82. The Labute approximate surface area is 203 Å². The second kappa shape index (κ2) is 10.2. The smallest absolute Gasteiger partial charge is 0.247 e. The first-order chi connectivity index (χ1) is 16.4. The molecule has 1 N–H and O–H groups in total. The quantitative estimate of drug-likeness (QED) is 0.556. The molecule has 0 unspecified atom stereocenters. The van der Waals surface area contributed by atoms with Gasteiger partial charge in [-0.1, -0.05) is 51.0 Å². The SMILES string of the molecule is COc1ccc(OC)c([C@H]2[C@H]3CCCC[C@@]3(O)CCN2C(=O)/C=C/c2ccc(C(C)C)cc2)c1. The van der Waals surface area contributed by atoms with Gasteiger partial charge in [0.25, 0.3) is 0 Å². The van der Waals surface area contributed by atoms with Crippen LogP contribution in [0.25, 0.3) is 6.08 Å². The third-order valence-electron chi connectivity index (χ3n) is 7.63. The summed E-state index contributed by atoms with van der Waals surface area (Å²) in [4.78, 5) is 15.5. The van der Waals surface area contributed by atoms with E-state index in [0.717, 1.165) is 36.8 Å². The molecule has 2 aromatic carbocycles. The number of piperidine rings is 1. The van der Waals surface area contributed by atoms with Crippen LogP contribution in [0.1, 0.15) is 74.6 Å². The monoisotopic (exact) mass is 463 g/mol. The zero-order valence-corrected chi connectivity index (χ0v) is 20.8. The Balaban J connectivity index is 1.68. The van der Waals surface area contributed by atoms with Crippen LogP contribution in [-0.2, 0) is 4.79 Å². The van der Waals surface area contributed by atoms with Gasteiger partial charge < -0.3 is 19.5 Å². The molecule has 1 amide bonds. The lowest BCUT2D eigenvalue weighted by molar-refractivity contribution is -0.151. The van der Waals surface area contributed by atoms with Crippen LogP contribution in [0.3, 0.4) is 0 Å². The summed E-state index contributed by atoms with van der Waals surface area (Å²) in [7, 11) is 3.29. The van der Waals surface area contributed by atoms with Crippen LogP contribution in [0.2, 0.25) is 0 Å². The Morgan fingerprint density at radius 2 is 1.85 bits per heavy atom. The van der Waals surface area contributed by atoms with E-state index in [1.807, 2.05) is 29.2 Å². The fraction of sp³-hybridized carbons (Fsp3) is 0.483. The maximum Gasteiger partial charge on any atom is 0.247 e. The minimum Gasteiger partial charge on any atom is -0.497 e. The first kappa shape index (κ1) is 24.3. The Hall–Kier alpha value is -2.79. The maximum atomic E-state index is 13.5. The predicted octanol–water partition coefficient (Wildman–Crippen LogP) is 5.74. The van der Waals surface area contributed by atoms with Crippen molar-refractivity contribution >= 4 is 12.0 Å². The predicted molar refractivity (Wildman–Crippen MR) is 135 cm³/mol. The summed E-state index contributed by atoms with van der Waals surface area (Å²) >= 11 is 0. The van der Waals surface area contributed by atoms with Gasteiger partial charge in [0.05, 0.1) is 25.9 Å². The number of benzene rings is 2. The number of amides is 1. The fourth-order valence-electron chi connectivity index (χ4n) is 5.64. The molecule has 34 heavy (non-hydrogen) atoms. The highest BCUT2D eigenvalue weighted by atomic mass is 16.5. The number of hydrogen-bond acceptors (Lipinski definition) is 4. The zero-order chi connectivity index (χ0) is 24.3. The molecule has 3 atom stereocenters. The normalized spacial score (nSPS) is 24.8. The van der Waals surface area contributed by atoms with Gasteiger partial charge in [-0.15, -0.1) is 0 Å². The van der Waals surface area contributed by atoms with Crippen molar-refractivity contribution in [1.82, 2.24) is 4.90 Å². The van der Waals surface area contributed by atoms with Crippen molar-refractivity contribution in [2.75, 3.05) is 20.8 Å². The lowest BCUT2D eigenvalue weighted by atomic mass is 9.66. The van der Waals surface area contributed by atoms with Gasteiger partial charge in [-0.05, 0) is 60.6 Å². The number of hydrogen-bond donors (Lipinski definition) is 1. The number of nitrogens with zero attached hydrogens (tertiary/aromatic N) is 1. The van der Waals surface area contributed by atoms with E-state index in [1.165, 1.54) is 5.56 Å². The molecule has 1 aliphatic heterocycles. The van der Waals surface area contributed by atoms with Crippen molar-refractivity contribution in [2.45, 2.75) is 63.5 Å². The summed E-state index contributed by atoms with van der Waals surface area (Å²) in [6.45, 7) is 4.85. The van der Waals surface area contributed by atoms with E-state index in [2.05, 4.69) is 38.1 Å². The molecule has 5 nitrogen and oxygen atoms in total. The van der Waals surface area contributed by atoms with Gasteiger partial charge in [-0.25, -0.2) is 0 Å². The molecule has 1 saturated heterocycles. The Kier molecular flexibility index (Phi) is 7.32. The summed E-state index contributed by atoms with van der Waals surface area (Å²) in [6.07, 6.45) is 7.88. The lowest BCUT2D eigenvalue weighted by Gasteiger charge is -2.52. The molecule has 182 valence electrons. The number of likely N-dealkylation sites (tertiary alicyclic amines) is 1.